The van der Waals surface area contributed by atoms with Crippen LogP contribution in [0.1, 0.15) is 23.2 Å². The average molecular weight is 314 g/mol. The molecule has 18 heavy (non-hydrogen) atoms. The summed E-state index contributed by atoms with van der Waals surface area (Å²) < 4.78 is 5.89. The van der Waals surface area contributed by atoms with Crippen molar-refractivity contribution in [3.05, 3.63) is 28.2 Å². The first kappa shape index (κ1) is 13.0. The van der Waals surface area contributed by atoms with E-state index in [9.17, 15) is 9.59 Å². The van der Waals surface area contributed by atoms with Crippen molar-refractivity contribution < 1.29 is 19.4 Å². The maximum Gasteiger partial charge on any atom is 0.337 e. The summed E-state index contributed by atoms with van der Waals surface area (Å²) in [6.07, 6.45) is 1.05. The van der Waals surface area contributed by atoms with Gasteiger partial charge >= 0.3 is 5.97 Å². The van der Waals surface area contributed by atoms with Crippen LogP contribution in [-0.2, 0) is 9.53 Å². The zero-order chi connectivity index (χ0) is 13.1. The number of rotatable bonds is 3. The molecule has 0 aliphatic carbocycles. The van der Waals surface area contributed by atoms with Gasteiger partial charge in [0.15, 0.2) is 0 Å². The van der Waals surface area contributed by atoms with E-state index in [-0.39, 0.29) is 17.2 Å². The van der Waals surface area contributed by atoms with Crippen LogP contribution in [-0.4, -0.2) is 29.7 Å². The van der Waals surface area contributed by atoms with Crippen LogP contribution in [0.25, 0.3) is 0 Å². The van der Waals surface area contributed by atoms with Gasteiger partial charge < -0.3 is 15.2 Å². The molecule has 1 heterocycles. The van der Waals surface area contributed by atoms with Gasteiger partial charge in [0.1, 0.15) is 6.10 Å². The molecule has 1 aromatic rings. The van der Waals surface area contributed by atoms with Gasteiger partial charge in [-0.05, 0) is 31.0 Å². The van der Waals surface area contributed by atoms with Crippen LogP contribution < -0.4 is 5.32 Å². The van der Waals surface area contributed by atoms with Crippen LogP contribution in [0.3, 0.4) is 0 Å². The molecule has 1 atom stereocenters. The molecular weight excluding hydrogens is 302 g/mol. The van der Waals surface area contributed by atoms with Crippen molar-refractivity contribution in [3.63, 3.8) is 0 Å². The van der Waals surface area contributed by atoms with E-state index in [0.29, 0.717) is 17.5 Å². The molecular formula is C12H12BrNO4. The van der Waals surface area contributed by atoms with Gasteiger partial charge in [0, 0.05) is 11.1 Å². The summed E-state index contributed by atoms with van der Waals surface area (Å²) in [5, 5.41) is 11.7. The molecule has 1 fully saturated rings. The Labute approximate surface area is 112 Å². The van der Waals surface area contributed by atoms with E-state index >= 15 is 0 Å². The number of anilines is 1. The molecule has 0 aromatic heterocycles. The molecule has 2 N–H and O–H groups in total. The van der Waals surface area contributed by atoms with Gasteiger partial charge in [0.05, 0.1) is 11.3 Å². The quantitative estimate of drug-likeness (QED) is 0.897. The van der Waals surface area contributed by atoms with Gasteiger partial charge in [0.25, 0.3) is 5.91 Å². The number of carboxylic acid groups (broad SMARTS) is 1. The van der Waals surface area contributed by atoms with E-state index in [0.717, 1.165) is 6.42 Å². The lowest BCUT2D eigenvalue weighted by Crippen LogP contribution is -2.27. The number of carboxylic acids is 1. The second kappa shape index (κ2) is 5.49. The van der Waals surface area contributed by atoms with Gasteiger partial charge in [-0.2, -0.15) is 0 Å². The maximum atomic E-state index is 11.8. The highest BCUT2D eigenvalue weighted by atomic mass is 79.9. The lowest BCUT2D eigenvalue weighted by Gasteiger charge is -2.12. The molecule has 1 aliphatic heterocycles. The molecule has 0 unspecified atom stereocenters. The van der Waals surface area contributed by atoms with Crippen molar-refractivity contribution in [3.8, 4) is 0 Å². The van der Waals surface area contributed by atoms with E-state index in [2.05, 4.69) is 21.2 Å². The Morgan fingerprint density at radius 3 is 2.83 bits per heavy atom. The van der Waals surface area contributed by atoms with E-state index in [1.165, 1.54) is 6.07 Å². The van der Waals surface area contributed by atoms with Crippen LogP contribution in [0, 0.1) is 0 Å². The summed E-state index contributed by atoms with van der Waals surface area (Å²) in [5.74, 6) is -1.38. The van der Waals surface area contributed by atoms with Gasteiger partial charge in [-0.1, -0.05) is 15.9 Å². The number of ether oxygens (including phenoxy) is 1. The third kappa shape index (κ3) is 2.88. The molecule has 1 saturated heterocycles. The summed E-state index contributed by atoms with van der Waals surface area (Å²) >= 11 is 3.20. The van der Waals surface area contributed by atoms with E-state index in [1.807, 2.05) is 0 Å². The molecule has 5 nitrogen and oxygen atoms in total. The van der Waals surface area contributed by atoms with Crippen molar-refractivity contribution in [1.29, 1.82) is 0 Å². The highest BCUT2D eigenvalue weighted by Gasteiger charge is 2.24. The number of aromatic carboxylic acids is 1. The Morgan fingerprint density at radius 1 is 1.44 bits per heavy atom. The third-order valence-corrected chi connectivity index (χ3v) is 3.19. The Hall–Kier alpha value is -1.40. The first-order valence-corrected chi connectivity index (χ1v) is 6.32. The Bertz CT molecular complexity index is 483. The van der Waals surface area contributed by atoms with Crippen LogP contribution in [0.15, 0.2) is 22.7 Å². The Morgan fingerprint density at radius 2 is 2.22 bits per heavy atom. The number of benzene rings is 1. The normalized spacial score (nSPS) is 18.6. The fraction of sp³-hybridized carbons (Fsp3) is 0.333. The van der Waals surface area contributed by atoms with Crippen LogP contribution >= 0.6 is 15.9 Å². The zero-order valence-corrected chi connectivity index (χ0v) is 11.1. The minimum absolute atomic E-state index is 0.0516. The standard InChI is InChI=1S/C12H12BrNO4/c13-7-3-4-9(8(6-7)12(16)17)14-11(15)10-2-1-5-18-10/h3-4,6,10H,1-2,5H2,(H,14,15)(H,16,17)/t10-/m0/s1. The molecule has 1 amide bonds. The fourth-order valence-electron chi connectivity index (χ4n) is 1.80. The second-order valence-electron chi connectivity index (χ2n) is 3.99. The van der Waals surface area contributed by atoms with Gasteiger partial charge in [0.2, 0.25) is 0 Å². The largest absolute Gasteiger partial charge is 0.478 e. The van der Waals surface area contributed by atoms with Crippen molar-refractivity contribution in [2.24, 2.45) is 0 Å². The van der Waals surface area contributed by atoms with Crippen LogP contribution in [0.5, 0.6) is 0 Å². The summed E-state index contributed by atoms with van der Waals surface area (Å²) in [5.41, 5.74) is 0.335. The van der Waals surface area contributed by atoms with Crippen molar-refractivity contribution in [2.75, 3.05) is 11.9 Å². The lowest BCUT2D eigenvalue weighted by molar-refractivity contribution is -0.124. The van der Waals surface area contributed by atoms with E-state index < -0.39 is 12.1 Å². The number of hydrogen-bond acceptors (Lipinski definition) is 3. The second-order valence-corrected chi connectivity index (χ2v) is 4.90. The van der Waals surface area contributed by atoms with Crippen molar-refractivity contribution in [1.82, 2.24) is 0 Å². The third-order valence-electron chi connectivity index (χ3n) is 2.69. The van der Waals surface area contributed by atoms with Gasteiger partial charge in [-0.15, -0.1) is 0 Å². The van der Waals surface area contributed by atoms with Crippen molar-refractivity contribution in [2.45, 2.75) is 18.9 Å². The van der Waals surface area contributed by atoms with Gasteiger partial charge in [-0.25, -0.2) is 4.79 Å². The predicted molar refractivity (Wildman–Crippen MR) is 68.7 cm³/mol. The lowest BCUT2D eigenvalue weighted by atomic mass is 10.1. The summed E-state index contributed by atoms with van der Waals surface area (Å²) in [6, 6.07) is 4.69. The Kier molecular flexibility index (Phi) is 3.98. The number of carbonyl (C=O) groups is 2. The molecule has 2 rings (SSSR count). The SMILES string of the molecule is O=C(O)c1cc(Br)ccc1NC(=O)[C@@H]1CCCO1. The fourth-order valence-corrected chi connectivity index (χ4v) is 2.16. The smallest absolute Gasteiger partial charge is 0.337 e. The van der Waals surface area contributed by atoms with Gasteiger partial charge in [-0.3, -0.25) is 4.79 Å². The summed E-state index contributed by atoms with van der Waals surface area (Å²) in [4.78, 5) is 22.9. The highest BCUT2D eigenvalue weighted by molar-refractivity contribution is 9.10. The maximum absolute atomic E-state index is 11.8. The minimum Gasteiger partial charge on any atom is -0.478 e. The number of nitrogens with one attached hydrogen (secondary N) is 1. The number of amides is 1. The van der Waals surface area contributed by atoms with Crippen molar-refractivity contribution >= 4 is 33.5 Å². The molecule has 96 valence electrons. The molecule has 6 heteroatoms. The number of carbonyl (C=O) groups excluding carboxylic acids is 1. The monoisotopic (exact) mass is 313 g/mol. The van der Waals surface area contributed by atoms with E-state index in [4.69, 9.17) is 9.84 Å². The molecule has 1 aromatic carbocycles. The van der Waals surface area contributed by atoms with E-state index in [1.54, 1.807) is 12.1 Å². The molecule has 0 spiro atoms. The van der Waals surface area contributed by atoms with Crippen LogP contribution in [0.2, 0.25) is 0 Å². The first-order valence-electron chi connectivity index (χ1n) is 5.53. The average Bonchev–Trinajstić information content (AvgIpc) is 2.84. The Balaban J connectivity index is 2.17. The minimum atomic E-state index is -1.08. The van der Waals surface area contributed by atoms with Crippen LogP contribution in [0.4, 0.5) is 5.69 Å². The molecule has 0 radical (unpaired) electrons. The molecule has 1 aliphatic rings. The summed E-state index contributed by atoms with van der Waals surface area (Å²) in [7, 11) is 0. The molecule has 0 bridgehead atoms. The predicted octanol–water partition coefficient (Wildman–Crippen LogP) is 2.26. The topological polar surface area (TPSA) is 75.6 Å². The molecule has 0 saturated carbocycles. The first-order chi connectivity index (χ1) is 8.58. The zero-order valence-electron chi connectivity index (χ0n) is 9.48. The number of halogens is 1. The summed E-state index contributed by atoms with van der Waals surface area (Å²) in [6.45, 7) is 0.574. The highest BCUT2D eigenvalue weighted by Crippen LogP contribution is 2.22. The number of hydrogen-bond donors (Lipinski definition) is 2.